The van der Waals surface area contributed by atoms with Gasteiger partial charge in [0.25, 0.3) is 0 Å². The molecule has 138 valence electrons. The van der Waals surface area contributed by atoms with Gasteiger partial charge in [0.1, 0.15) is 11.6 Å². The highest BCUT2D eigenvalue weighted by Gasteiger charge is 2.35. The van der Waals surface area contributed by atoms with Crippen molar-refractivity contribution in [2.24, 2.45) is 0 Å². The fourth-order valence-electron chi connectivity index (χ4n) is 2.80. The first-order chi connectivity index (χ1) is 12.5. The van der Waals surface area contributed by atoms with Crippen molar-refractivity contribution < 1.29 is 17.9 Å². The molecule has 1 heterocycles. The smallest absolute Gasteiger partial charge is 0.335 e. The minimum atomic E-state index is -3.78. The van der Waals surface area contributed by atoms with Gasteiger partial charge in [-0.2, -0.15) is 0 Å². The van der Waals surface area contributed by atoms with Crippen molar-refractivity contribution in [3.05, 3.63) is 42.2 Å². The lowest BCUT2D eigenvalue weighted by atomic mass is 9.99. The molecule has 0 aliphatic heterocycles. The van der Waals surface area contributed by atoms with Gasteiger partial charge >= 0.3 is 5.97 Å². The number of ether oxygens (including phenoxy) is 1. The monoisotopic (exact) mass is 377 g/mol. The van der Waals surface area contributed by atoms with Crippen LogP contribution in [-0.4, -0.2) is 46.5 Å². The second kappa shape index (κ2) is 7.65. The lowest BCUT2D eigenvalue weighted by Gasteiger charge is -2.23. The van der Waals surface area contributed by atoms with Gasteiger partial charge in [-0.1, -0.05) is 6.08 Å². The Morgan fingerprint density at radius 1 is 1.35 bits per heavy atom. The van der Waals surface area contributed by atoms with E-state index in [1.54, 1.807) is 37.3 Å². The van der Waals surface area contributed by atoms with Gasteiger partial charge in [-0.05, 0) is 60.9 Å². The normalized spacial score (nSPS) is 17.4. The number of aromatic nitrogens is 4. The minimum absolute atomic E-state index is 0.203. The van der Waals surface area contributed by atoms with Crippen LogP contribution in [0, 0.1) is 0 Å². The number of allylic oxidation sites excluding steroid dienone is 1. The number of benzene rings is 1. The fourth-order valence-corrected chi connectivity index (χ4v) is 4.41. The summed E-state index contributed by atoms with van der Waals surface area (Å²) in [5.41, 5.74) is 1.30. The molecule has 10 heteroatoms. The van der Waals surface area contributed by atoms with Crippen molar-refractivity contribution in [1.29, 1.82) is 0 Å². The Hall–Kier alpha value is -2.75. The average Bonchev–Trinajstić information content (AvgIpc) is 3.17. The molecule has 1 aliphatic rings. The van der Waals surface area contributed by atoms with E-state index < -0.39 is 21.2 Å². The third kappa shape index (κ3) is 3.90. The maximum atomic E-state index is 12.8. The van der Waals surface area contributed by atoms with Crippen molar-refractivity contribution in [2.75, 3.05) is 11.3 Å². The Bertz CT molecular complexity index is 891. The number of nitrogens with one attached hydrogen (secondary N) is 1. The Morgan fingerprint density at radius 3 is 2.77 bits per heavy atom. The van der Waals surface area contributed by atoms with Crippen LogP contribution in [0.25, 0.3) is 5.69 Å². The predicted octanol–water partition coefficient (Wildman–Crippen LogP) is 1.45. The molecule has 0 amide bonds. The average molecular weight is 377 g/mol. The van der Waals surface area contributed by atoms with Crippen molar-refractivity contribution in [1.82, 2.24) is 20.2 Å². The van der Waals surface area contributed by atoms with Crippen LogP contribution in [-0.2, 0) is 19.6 Å². The summed E-state index contributed by atoms with van der Waals surface area (Å²) >= 11 is 0. The summed E-state index contributed by atoms with van der Waals surface area (Å²) in [6.07, 6.45) is 4.85. The number of anilines is 1. The topological polar surface area (TPSA) is 116 Å². The lowest BCUT2D eigenvalue weighted by Crippen LogP contribution is -2.34. The zero-order valence-electron chi connectivity index (χ0n) is 14.2. The molecule has 0 spiro atoms. The summed E-state index contributed by atoms with van der Waals surface area (Å²) in [6.45, 7) is 1.89. The highest BCUT2D eigenvalue weighted by Crippen LogP contribution is 2.27. The van der Waals surface area contributed by atoms with Gasteiger partial charge < -0.3 is 4.74 Å². The molecular weight excluding hydrogens is 358 g/mol. The standard InChI is InChI=1S/C16H19N5O4S/c1-2-25-16(22)14-5-3-4-6-15(14)26(23,24)18-12-7-9-13(10-8-12)21-11-17-19-20-21/h5,7-11,15,18H,2-4,6H2,1H3. The van der Waals surface area contributed by atoms with E-state index in [2.05, 4.69) is 20.2 Å². The van der Waals surface area contributed by atoms with Crippen molar-refractivity contribution in [2.45, 2.75) is 31.4 Å². The highest BCUT2D eigenvalue weighted by atomic mass is 32.2. The number of hydrogen-bond acceptors (Lipinski definition) is 7. The van der Waals surface area contributed by atoms with Crippen LogP contribution >= 0.6 is 0 Å². The van der Waals surface area contributed by atoms with Gasteiger partial charge in [0.05, 0.1) is 17.9 Å². The first-order valence-corrected chi connectivity index (χ1v) is 9.78. The number of esters is 1. The Labute approximate surface area is 151 Å². The maximum Gasteiger partial charge on any atom is 0.335 e. The number of tetrazole rings is 1. The van der Waals surface area contributed by atoms with Crippen molar-refractivity contribution >= 4 is 21.7 Å². The number of nitrogens with zero attached hydrogens (tertiary/aromatic N) is 4. The molecule has 9 nitrogen and oxygen atoms in total. The van der Waals surface area contributed by atoms with Crippen LogP contribution < -0.4 is 4.72 Å². The summed E-state index contributed by atoms with van der Waals surface area (Å²) < 4.78 is 34.6. The highest BCUT2D eigenvalue weighted by molar-refractivity contribution is 7.93. The minimum Gasteiger partial charge on any atom is -0.463 e. The largest absolute Gasteiger partial charge is 0.463 e. The predicted molar refractivity (Wildman–Crippen MR) is 94.1 cm³/mol. The molecule has 1 N–H and O–H groups in total. The van der Waals surface area contributed by atoms with E-state index in [9.17, 15) is 13.2 Å². The van der Waals surface area contributed by atoms with Crippen LogP contribution in [0.2, 0.25) is 0 Å². The molecule has 1 aliphatic carbocycles. The molecule has 0 saturated carbocycles. The van der Waals surface area contributed by atoms with Gasteiger partial charge in [0, 0.05) is 5.69 Å². The molecule has 0 bridgehead atoms. The summed E-state index contributed by atoms with van der Waals surface area (Å²) in [4.78, 5) is 12.1. The van der Waals surface area contributed by atoms with E-state index in [1.807, 2.05) is 0 Å². The number of carbonyl (C=O) groups excluding carboxylic acids is 1. The molecule has 0 radical (unpaired) electrons. The van der Waals surface area contributed by atoms with Crippen LogP contribution in [0.5, 0.6) is 0 Å². The summed E-state index contributed by atoms with van der Waals surface area (Å²) in [7, 11) is -3.78. The number of rotatable bonds is 6. The van der Waals surface area contributed by atoms with E-state index in [4.69, 9.17) is 4.74 Å². The molecule has 3 rings (SSSR count). The van der Waals surface area contributed by atoms with E-state index >= 15 is 0 Å². The Balaban J connectivity index is 1.78. The van der Waals surface area contributed by atoms with Gasteiger partial charge in [0.15, 0.2) is 0 Å². The first-order valence-electron chi connectivity index (χ1n) is 8.23. The van der Waals surface area contributed by atoms with Crippen LogP contribution in [0.1, 0.15) is 26.2 Å². The Kier molecular flexibility index (Phi) is 5.31. The fraction of sp³-hybridized carbons (Fsp3) is 0.375. The van der Waals surface area contributed by atoms with Crippen molar-refractivity contribution in [3.63, 3.8) is 0 Å². The number of hydrogen-bond donors (Lipinski definition) is 1. The third-order valence-electron chi connectivity index (χ3n) is 4.01. The Morgan fingerprint density at radius 2 is 2.12 bits per heavy atom. The molecule has 0 saturated heterocycles. The quantitative estimate of drug-likeness (QED) is 0.757. The second-order valence-corrected chi connectivity index (χ2v) is 7.61. The van der Waals surface area contributed by atoms with E-state index in [-0.39, 0.29) is 12.2 Å². The molecule has 26 heavy (non-hydrogen) atoms. The SMILES string of the molecule is CCOC(=O)C1=CCCCC1S(=O)(=O)Nc1ccc(-n2cnnn2)cc1. The maximum absolute atomic E-state index is 12.8. The summed E-state index contributed by atoms with van der Waals surface area (Å²) in [5, 5.41) is 9.95. The van der Waals surface area contributed by atoms with Crippen LogP contribution in [0.4, 0.5) is 5.69 Å². The summed E-state index contributed by atoms with van der Waals surface area (Å²) in [5.74, 6) is -0.573. The zero-order chi connectivity index (χ0) is 18.6. The molecular formula is C16H19N5O4S. The third-order valence-corrected chi connectivity index (χ3v) is 5.77. The molecule has 1 aromatic heterocycles. The molecule has 0 fully saturated rings. The number of carbonyl (C=O) groups is 1. The van der Waals surface area contributed by atoms with E-state index in [0.717, 1.165) is 0 Å². The molecule has 1 unspecified atom stereocenters. The van der Waals surface area contributed by atoms with Crippen molar-refractivity contribution in [3.8, 4) is 5.69 Å². The first kappa shape index (κ1) is 18.1. The lowest BCUT2D eigenvalue weighted by molar-refractivity contribution is -0.138. The van der Waals surface area contributed by atoms with Gasteiger partial charge in [-0.15, -0.1) is 5.10 Å². The molecule has 1 aromatic carbocycles. The molecule has 2 aromatic rings. The van der Waals surface area contributed by atoms with Gasteiger partial charge in [0.2, 0.25) is 10.0 Å². The van der Waals surface area contributed by atoms with Gasteiger partial charge in [-0.3, -0.25) is 4.72 Å². The van der Waals surface area contributed by atoms with E-state index in [0.29, 0.717) is 30.6 Å². The van der Waals surface area contributed by atoms with E-state index in [1.165, 1.54) is 11.0 Å². The van der Waals surface area contributed by atoms with Crippen LogP contribution in [0.15, 0.2) is 42.2 Å². The zero-order valence-corrected chi connectivity index (χ0v) is 15.0. The number of sulfonamides is 1. The van der Waals surface area contributed by atoms with Crippen LogP contribution in [0.3, 0.4) is 0 Å². The molecule has 1 atom stereocenters. The van der Waals surface area contributed by atoms with Gasteiger partial charge in [-0.25, -0.2) is 17.9 Å². The second-order valence-electron chi connectivity index (χ2n) is 5.75. The summed E-state index contributed by atoms with van der Waals surface area (Å²) in [6, 6.07) is 6.62.